The van der Waals surface area contributed by atoms with Crippen LogP contribution in [0.3, 0.4) is 0 Å². The van der Waals surface area contributed by atoms with Gasteiger partial charge in [-0.2, -0.15) is 0 Å². The highest BCUT2D eigenvalue weighted by molar-refractivity contribution is 6.32. The summed E-state index contributed by atoms with van der Waals surface area (Å²) in [5.41, 5.74) is 6.18. The number of nitrogen functional groups attached to an aromatic ring is 1. The van der Waals surface area contributed by atoms with Gasteiger partial charge in [-0.15, -0.1) is 0 Å². The van der Waals surface area contributed by atoms with Crippen molar-refractivity contribution in [2.24, 2.45) is 0 Å². The largest absolute Gasteiger partial charge is 0.393 e. The SMILES string of the molecule is CC(C)NC(=O)C1COCCN1c1ncnc(Cl)c1N. The summed E-state index contributed by atoms with van der Waals surface area (Å²) < 4.78 is 5.39. The third-order valence-electron chi connectivity index (χ3n) is 2.95. The molecule has 0 aliphatic carbocycles. The van der Waals surface area contributed by atoms with E-state index in [2.05, 4.69) is 15.3 Å². The van der Waals surface area contributed by atoms with Crippen molar-refractivity contribution in [1.29, 1.82) is 0 Å². The van der Waals surface area contributed by atoms with E-state index in [4.69, 9.17) is 22.1 Å². The number of ether oxygens (including phenoxy) is 1. The molecule has 2 rings (SSSR count). The molecular formula is C12H18ClN5O2. The van der Waals surface area contributed by atoms with Gasteiger partial charge in [0.1, 0.15) is 18.1 Å². The number of nitrogens with zero attached hydrogens (tertiary/aromatic N) is 3. The number of anilines is 2. The summed E-state index contributed by atoms with van der Waals surface area (Å²) in [5, 5.41) is 3.05. The highest BCUT2D eigenvalue weighted by atomic mass is 35.5. The predicted octanol–water partition coefficient (Wildman–Crippen LogP) is 0.442. The van der Waals surface area contributed by atoms with E-state index in [1.165, 1.54) is 6.33 Å². The van der Waals surface area contributed by atoms with E-state index in [0.717, 1.165) is 0 Å². The maximum absolute atomic E-state index is 12.2. The summed E-state index contributed by atoms with van der Waals surface area (Å²) in [5.74, 6) is 0.353. The summed E-state index contributed by atoms with van der Waals surface area (Å²) in [6.45, 7) is 5.13. The minimum atomic E-state index is -0.473. The molecule has 1 aromatic heterocycles. The Morgan fingerprint density at radius 1 is 1.60 bits per heavy atom. The number of nitrogens with one attached hydrogen (secondary N) is 1. The number of rotatable bonds is 3. The number of hydrogen-bond donors (Lipinski definition) is 2. The normalized spacial score (nSPS) is 19.2. The molecule has 0 aromatic carbocycles. The lowest BCUT2D eigenvalue weighted by Gasteiger charge is -2.36. The monoisotopic (exact) mass is 299 g/mol. The average molecular weight is 300 g/mol. The Balaban J connectivity index is 2.27. The Bertz CT molecular complexity index is 497. The van der Waals surface area contributed by atoms with Gasteiger partial charge < -0.3 is 20.7 Å². The van der Waals surface area contributed by atoms with Gasteiger partial charge in [0.15, 0.2) is 11.0 Å². The number of aromatic nitrogens is 2. The Labute approximate surface area is 122 Å². The van der Waals surface area contributed by atoms with Gasteiger partial charge in [-0.1, -0.05) is 11.6 Å². The first kappa shape index (κ1) is 14.8. The van der Waals surface area contributed by atoms with Crippen molar-refractivity contribution in [3.05, 3.63) is 11.5 Å². The van der Waals surface area contributed by atoms with E-state index in [1.807, 2.05) is 18.7 Å². The number of morpholine rings is 1. The molecule has 2 heterocycles. The van der Waals surface area contributed by atoms with Crippen molar-refractivity contribution >= 4 is 29.0 Å². The highest BCUT2D eigenvalue weighted by Crippen LogP contribution is 2.28. The number of nitrogens with two attached hydrogens (primary N) is 1. The minimum Gasteiger partial charge on any atom is -0.393 e. The topological polar surface area (TPSA) is 93.4 Å². The number of carbonyl (C=O) groups is 1. The van der Waals surface area contributed by atoms with Gasteiger partial charge in [-0.25, -0.2) is 9.97 Å². The van der Waals surface area contributed by atoms with E-state index >= 15 is 0 Å². The number of amides is 1. The molecule has 1 aliphatic rings. The Kier molecular flexibility index (Phi) is 4.61. The van der Waals surface area contributed by atoms with Gasteiger partial charge in [-0.05, 0) is 13.8 Å². The molecule has 1 atom stereocenters. The molecule has 1 saturated heterocycles. The Morgan fingerprint density at radius 2 is 2.35 bits per heavy atom. The molecule has 0 spiro atoms. The quantitative estimate of drug-likeness (QED) is 0.787. The molecule has 110 valence electrons. The molecule has 20 heavy (non-hydrogen) atoms. The van der Waals surface area contributed by atoms with Crippen LogP contribution < -0.4 is 16.0 Å². The van der Waals surface area contributed by atoms with E-state index < -0.39 is 6.04 Å². The highest BCUT2D eigenvalue weighted by Gasteiger charge is 2.32. The second kappa shape index (κ2) is 6.23. The van der Waals surface area contributed by atoms with Gasteiger partial charge in [0.2, 0.25) is 5.91 Å². The molecule has 0 saturated carbocycles. The first-order valence-corrected chi connectivity index (χ1v) is 6.79. The molecule has 0 bridgehead atoms. The van der Waals surface area contributed by atoms with Gasteiger partial charge in [-0.3, -0.25) is 4.79 Å². The van der Waals surface area contributed by atoms with Crippen LogP contribution in [0, 0.1) is 0 Å². The number of hydrogen-bond acceptors (Lipinski definition) is 6. The molecular weight excluding hydrogens is 282 g/mol. The lowest BCUT2D eigenvalue weighted by molar-refractivity contribution is -0.125. The average Bonchev–Trinajstić information content (AvgIpc) is 2.41. The summed E-state index contributed by atoms with van der Waals surface area (Å²) in [6.07, 6.45) is 1.33. The van der Waals surface area contributed by atoms with E-state index in [0.29, 0.717) is 25.6 Å². The third-order valence-corrected chi connectivity index (χ3v) is 3.25. The molecule has 1 unspecified atom stereocenters. The smallest absolute Gasteiger partial charge is 0.245 e. The number of halogens is 1. The number of carbonyl (C=O) groups excluding carboxylic acids is 1. The van der Waals surface area contributed by atoms with Crippen LogP contribution in [0.15, 0.2) is 6.33 Å². The first-order chi connectivity index (χ1) is 9.50. The van der Waals surface area contributed by atoms with Crippen LogP contribution in [0.1, 0.15) is 13.8 Å². The second-order valence-corrected chi connectivity index (χ2v) is 5.21. The summed E-state index contributed by atoms with van der Waals surface area (Å²) in [7, 11) is 0. The summed E-state index contributed by atoms with van der Waals surface area (Å²) >= 11 is 5.91. The predicted molar refractivity (Wildman–Crippen MR) is 76.7 cm³/mol. The van der Waals surface area contributed by atoms with Crippen LogP contribution in [-0.4, -0.2) is 47.7 Å². The molecule has 1 aliphatic heterocycles. The molecule has 0 radical (unpaired) electrons. The fourth-order valence-corrected chi connectivity index (χ4v) is 2.18. The van der Waals surface area contributed by atoms with Crippen molar-refractivity contribution in [3.63, 3.8) is 0 Å². The fraction of sp³-hybridized carbons (Fsp3) is 0.583. The standard InChI is InChI=1S/C12H18ClN5O2/c1-7(2)17-12(19)8-5-20-4-3-18(8)11-9(14)10(13)15-6-16-11/h6-8H,3-5,14H2,1-2H3,(H,17,19). The lowest BCUT2D eigenvalue weighted by atomic mass is 10.2. The maximum atomic E-state index is 12.2. The zero-order valence-corrected chi connectivity index (χ0v) is 12.2. The van der Waals surface area contributed by atoms with Gasteiger partial charge >= 0.3 is 0 Å². The van der Waals surface area contributed by atoms with Crippen molar-refractivity contribution in [3.8, 4) is 0 Å². The van der Waals surface area contributed by atoms with Crippen molar-refractivity contribution in [2.75, 3.05) is 30.4 Å². The first-order valence-electron chi connectivity index (χ1n) is 6.41. The molecule has 1 amide bonds. The van der Waals surface area contributed by atoms with Crippen molar-refractivity contribution < 1.29 is 9.53 Å². The molecule has 7 nitrogen and oxygen atoms in total. The minimum absolute atomic E-state index is 0.0533. The molecule has 1 fully saturated rings. The fourth-order valence-electron chi connectivity index (χ4n) is 2.05. The molecule has 8 heteroatoms. The van der Waals surface area contributed by atoms with E-state index in [1.54, 1.807) is 0 Å². The molecule has 3 N–H and O–H groups in total. The zero-order chi connectivity index (χ0) is 14.7. The maximum Gasteiger partial charge on any atom is 0.245 e. The zero-order valence-electron chi connectivity index (χ0n) is 11.5. The third kappa shape index (κ3) is 3.10. The van der Waals surface area contributed by atoms with Crippen LogP contribution in [0.4, 0.5) is 11.5 Å². The summed E-state index contributed by atoms with van der Waals surface area (Å²) in [6, 6.07) is -0.419. The van der Waals surface area contributed by atoms with Gasteiger partial charge in [0.05, 0.1) is 13.2 Å². The van der Waals surface area contributed by atoms with Crippen LogP contribution in [0.25, 0.3) is 0 Å². The summed E-state index contributed by atoms with van der Waals surface area (Å²) in [4.78, 5) is 22.0. The van der Waals surface area contributed by atoms with Gasteiger partial charge in [0, 0.05) is 12.6 Å². The van der Waals surface area contributed by atoms with Crippen LogP contribution in [0.5, 0.6) is 0 Å². The van der Waals surface area contributed by atoms with Crippen LogP contribution in [0.2, 0.25) is 5.15 Å². The second-order valence-electron chi connectivity index (χ2n) is 4.85. The molecule has 1 aromatic rings. The Morgan fingerprint density at radius 3 is 3.05 bits per heavy atom. The van der Waals surface area contributed by atoms with Crippen molar-refractivity contribution in [2.45, 2.75) is 25.9 Å². The van der Waals surface area contributed by atoms with Crippen molar-refractivity contribution in [1.82, 2.24) is 15.3 Å². The Hall–Kier alpha value is -1.60. The van der Waals surface area contributed by atoms with Crippen LogP contribution in [-0.2, 0) is 9.53 Å². The van der Waals surface area contributed by atoms with Gasteiger partial charge in [0.25, 0.3) is 0 Å². The van der Waals surface area contributed by atoms with Crippen LogP contribution >= 0.6 is 11.6 Å². The lowest BCUT2D eigenvalue weighted by Crippen LogP contribution is -2.55. The van der Waals surface area contributed by atoms with E-state index in [9.17, 15) is 4.79 Å². The van der Waals surface area contributed by atoms with E-state index in [-0.39, 0.29) is 22.8 Å².